The lowest BCUT2D eigenvalue weighted by molar-refractivity contribution is -0.139. The van der Waals surface area contributed by atoms with Gasteiger partial charge in [0.05, 0.1) is 5.69 Å². The van der Waals surface area contributed by atoms with Crippen molar-refractivity contribution in [3.05, 3.63) is 53.9 Å². The van der Waals surface area contributed by atoms with Crippen LogP contribution in [-0.2, 0) is 4.79 Å². The van der Waals surface area contributed by atoms with Gasteiger partial charge in [-0.2, -0.15) is 0 Å². The number of aliphatic carboxylic acids is 1. The first-order valence-electron chi connectivity index (χ1n) is 7.15. The molecule has 0 aliphatic rings. The molecular weight excluding hydrogens is 312 g/mol. The molecule has 24 heavy (non-hydrogen) atoms. The van der Waals surface area contributed by atoms with Crippen molar-refractivity contribution in [3.63, 3.8) is 0 Å². The number of carboxylic acids is 1. The van der Waals surface area contributed by atoms with Gasteiger partial charge in [0.2, 0.25) is 5.76 Å². The number of amides is 1. The number of aryl methyl sites for hydroxylation is 1. The maximum absolute atomic E-state index is 12.2. The molecule has 7 nitrogen and oxygen atoms in total. The quantitative estimate of drug-likeness (QED) is 0.747. The SMILES string of the molecule is Cc1cc(C(=O)Nc2ccc(OCC(=O)O)c3ccccc23)on1. The zero-order chi connectivity index (χ0) is 17.1. The van der Waals surface area contributed by atoms with Gasteiger partial charge < -0.3 is 19.7 Å². The van der Waals surface area contributed by atoms with Crippen LogP contribution in [0.15, 0.2) is 47.0 Å². The maximum atomic E-state index is 12.2. The monoisotopic (exact) mass is 326 g/mol. The highest BCUT2D eigenvalue weighted by Crippen LogP contribution is 2.31. The Morgan fingerprint density at radius 2 is 1.96 bits per heavy atom. The zero-order valence-corrected chi connectivity index (χ0v) is 12.8. The van der Waals surface area contributed by atoms with Crippen LogP contribution in [0.3, 0.4) is 0 Å². The van der Waals surface area contributed by atoms with Gasteiger partial charge in [-0.15, -0.1) is 0 Å². The van der Waals surface area contributed by atoms with Crippen molar-refractivity contribution in [2.45, 2.75) is 6.92 Å². The predicted octanol–water partition coefficient (Wildman–Crippen LogP) is 2.85. The summed E-state index contributed by atoms with van der Waals surface area (Å²) >= 11 is 0. The van der Waals surface area contributed by atoms with Crippen molar-refractivity contribution >= 4 is 28.3 Å². The molecule has 0 fully saturated rings. The molecule has 0 unspecified atom stereocenters. The Balaban J connectivity index is 1.93. The summed E-state index contributed by atoms with van der Waals surface area (Å²) in [6, 6.07) is 12.0. The minimum Gasteiger partial charge on any atom is -0.481 e. The third-order valence-corrected chi connectivity index (χ3v) is 3.34. The van der Waals surface area contributed by atoms with Crippen molar-refractivity contribution < 1.29 is 24.0 Å². The minimum absolute atomic E-state index is 0.114. The Bertz CT molecular complexity index is 916. The zero-order valence-electron chi connectivity index (χ0n) is 12.8. The summed E-state index contributed by atoms with van der Waals surface area (Å²) in [5.41, 5.74) is 1.18. The molecule has 0 aliphatic heterocycles. The Morgan fingerprint density at radius 3 is 2.62 bits per heavy atom. The number of hydrogen-bond donors (Lipinski definition) is 2. The smallest absolute Gasteiger partial charge is 0.341 e. The van der Waals surface area contributed by atoms with Crippen molar-refractivity contribution in [1.82, 2.24) is 5.16 Å². The van der Waals surface area contributed by atoms with Gasteiger partial charge in [-0.1, -0.05) is 29.4 Å². The van der Waals surface area contributed by atoms with Gasteiger partial charge in [-0.05, 0) is 19.1 Å². The summed E-state index contributed by atoms with van der Waals surface area (Å²) in [4.78, 5) is 22.9. The minimum atomic E-state index is -1.06. The number of benzene rings is 2. The second-order valence-corrected chi connectivity index (χ2v) is 5.13. The lowest BCUT2D eigenvalue weighted by atomic mass is 10.1. The summed E-state index contributed by atoms with van der Waals surface area (Å²) in [5.74, 6) is -0.929. The first-order valence-corrected chi connectivity index (χ1v) is 7.15. The van der Waals surface area contributed by atoms with E-state index in [0.29, 0.717) is 22.5 Å². The molecule has 0 aliphatic carbocycles. The Morgan fingerprint density at radius 1 is 1.21 bits per heavy atom. The molecule has 1 amide bonds. The molecule has 3 rings (SSSR count). The van der Waals surface area contributed by atoms with E-state index in [1.807, 2.05) is 12.1 Å². The fourth-order valence-electron chi connectivity index (χ4n) is 2.30. The van der Waals surface area contributed by atoms with E-state index in [0.717, 1.165) is 5.39 Å². The van der Waals surface area contributed by atoms with Gasteiger partial charge in [-0.25, -0.2) is 4.79 Å². The van der Waals surface area contributed by atoms with Crippen LogP contribution in [0.25, 0.3) is 10.8 Å². The van der Waals surface area contributed by atoms with Crippen molar-refractivity contribution in [2.75, 3.05) is 11.9 Å². The number of nitrogens with zero attached hydrogens (tertiary/aromatic N) is 1. The fraction of sp³-hybridized carbons (Fsp3) is 0.118. The van der Waals surface area contributed by atoms with Crippen LogP contribution in [0.1, 0.15) is 16.2 Å². The lowest BCUT2D eigenvalue weighted by Crippen LogP contribution is -2.12. The summed E-state index contributed by atoms with van der Waals surface area (Å²) in [7, 11) is 0. The molecule has 2 aromatic carbocycles. The van der Waals surface area contributed by atoms with Crippen molar-refractivity contribution in [2.24, 2.45) is 0 Å². The number of nitrogens with one attached hydrogen (secondary N) is 1. The van der Waals surface area contributed by atoms with E-state index in [-0.39, 0.29) is 5.76 Å². The van der Waals surface area contributed by atoms with Gasteiger partial charge in [0.1, 0.15) is 5.75 Å². The number of fused-ring (bicyclic) bond motifs is 1. The average Bonchev–Trinajstić information content (AvgIpc) is 3.00. The molecule has 0 saturated heterocycles. The molecule has 0 saturated carbocycles. The van der Waals surface area contributed by atoms with E-state index < -0.39 is 18.5 Å². The highest BCUT2D eigenvalue weighted by atomic mass is 16.5. The van der Waals surface area contributed by atoms with Gasteiger partial charge in [0.15, 0.2) is 6.61 Å². The fourth-order valence-corrected chi connectivity index (χ4v) is 2.30. The van der Waals surface area contributed by atoms with E-state index in [9.17, 15) is 9.59 Å². The van der Waals surface area contributed by atoms with Crippen LogP contribution in [0, 0.1) is 6.92 Å². The van der Waals surface area contributed by atoms with E-state index >= 15 is 0 Å². The molecule has 3 aromatic rings. The highest BCUT2D eigenvalue weighted by molar-refractivity contribution is 6.09. The number of anilines is 1. The number of ether oxygens (including phenoxy) is 1. The van der Waals surface area contributed by atoms with Gasteiger partial charge in [0, 0.05) is 22.5 Å². The molecule has 0 atom stereocenters. The molecule has 122 valence electrons. The number of hydrogen-bond acceptors (Lipinski definition) is 5. The van der Waals surface area contributed by atoms with E-state index in [2.05, 4.69) is 10.5 Å². The molecule has 7 heteroatoms. The number of aromatic nitrogens is 1. The van der Waals surface area contributed by atoms with Crippen LogP contribution < -0.4 is 10.1 Å². The van der Waals surface area contributed by atoms with Crippen molar-refractivity contribution in [1.29, 1.82) is 0 Å². The molecule has 1 heterocycles. The molecule has 0 spiro atoms. The van der Waals surface area contributed by atoms with E-state index in [4.69, 9.17) is 14.4 Å². The highest BCUT2D eigenvalue weighted by Gasteiger charge is 2.14. The standard InChI is InChI=1S/C17H14N2O5/c1-10-8-15(24-19-10)17(22)18-13-6-7-14(23-9-16(20)21)12-5-3-2-4-11(12)13/h2-8H,9H2,1H3,(H,18,22)(H,20,21). The first-order chi connectivity index (χ1) is 11.5. The van der Waals surface area contributed by atoms with Gasteiger partial charge in [-0.3, -0.25) is 4.79 Å². The molecule has 1 aromatic heterocycles. The summed E-state index contributed by atoms with van der Waals surface area (Å²) in [6.07, 6.45) is 0. The molecule has 0 radical (unpaired) electrons. The second kappa shape index (κ2) is 6.41. The predicted molar refractivity (Wildman–Crippen MR) is 86.3 cm³/mol. The molecule has 0 bridgehead atoms. The van der Waals surface area contributed by atoms with Crippen molar-refractivity contribution in [3.8, 4) is 5.75 Å². The van der Waals surface area contributed by atoms with Crippen LogP contribution >= 0.6 is 0 Å². The molecule has 2 N–H and O–H groups in total. The van der Waals surface area contributed by atoms with Gasteiger partial charge in [0.25, 0.3) is 5.91 Å². The Kier molecular flexibility index (Phi) is 4.15. The first kappa shape index (κ1) is 15.5. The number of carboxylic acid groups (broad SMARTS) is 1. The van der Waals surface area contributed by atoms with Crippen LogP contribution in [0.5, 0.6) is 5.75 Å². The Hall–Kier alpha value is -3.35. The normalized spacial score (nSPS) is 10.5. The maximum Gasteiger partial charge on any atom is 0.341 e. The lowest BCUT2D eigenvalue weighted by Gasteiger charge is -2.12. The third-order valence-electron chi connectivity index (χ3n) is 3.34. The van der Waals surface area contributed by atoms with Gasteiger partial charge >= 0.3 is 5.97 Å². The topological polar surface area (TPSA) is 102 Å². The molecular formula is C17H14N2O5. The summed E-state index contributed by atoms with van der Waals surface area (Å²) in [5, 5.41) is 16.6. The second-order valence-electron chi connectivity index (χ2n) is 5.13. The largest absolute Gasteiger partial charge is 0.481 e. The summed E-state index contributed by atoms with van der Waals surface area (Å²) in [6.45, 7) is 1.29. The summed E-state index contributed by atoms with van der Waals surface area (Å²) < 4.78 is 10.2. The number of carbonyl (C=O) groups is 2. The Labute approximate surface area is 136 Å². The number of rotatable bonds is 5. The third kappa shape index (κ3) is 3.19. The van der Waals surface area contributed by atoms with Crippen LogP contribution in [0.4, 0.5) is 5.69 Å². The van der Waals surface area contributed by atoms with E-state index in [1.54, 1.807) is 37.3 Å². The number of carbonyl (C=O) groups excluding carboxylic acids is 1. The van der Waals surface area contributed by atoms with Crippen LogP contribution in [0.2, 0.25) is 0 Å². The average molecular weight is 326 g/mol. The van der Waals surface area contributed by atoms with E-state index in [1.165, 1.54) is 0 Å². The van der Waals surface area contributed by atoms with Crippen LogP contribution in [-0.4, -0.2) is 28.7 Å².